The Kier molecular flexibility index (Phi) is 2.56. The summed E-state index contributed by atoms with van der Waals surface area (Å²) in [6, 6.07) is 9.00. The van der Waals surface area contributed by atoms with E-state index in [4.69, 9.17) is 0 Å². The minimum Gasteiger partial charge on any atom is -0.372 e. The van der Waals surface area contributed by atoms with Gasteiger partial charge in [0.25, 0.3) is 0 Å². The molecule has 2 atom stereocenters. The average molecular weight is 232 g/mol. The first-order valence-corrected chi connectivity index (χ1v) is 6.73. The van der Waals surface area contributed by atoms with Crippen LogP contribution in [0.2, 0.25) is 0 Å². The first kappa shape index (κ1) is 10.1. The van der Waals surface area contributed by atoms with Gasteiger partial charge in [-0.3, -0.25) is 0 Å². The molecule has 1 aromatic carbocycles. The van der Waals surface area contributed by atoms with Gasteiger partial charge in [-0.05, 0) is 42.4 Å². The van der Waals surface area contributed by atoms with E-state index in [-0.39, 0.29) is 0 Å². The molecule has 3 rings (SSSR count). The van der Waals surface area contributed by atoms with Crippen molar-refractivity contribution in [1.29, 1.82) is 0 Å². The smallest absolute Gasteiger partial charge is 0.117 e. The van der Waals surface area contributed by atoms with Crippen LogP contribution in [-0.2, 0) is 0 Å². The van der Waals surface area contributed by atoms with Gasteiger partial charge in [-0.2, -0.15) is 4.37 Å². The normalized spacial score (nSPS) is 25.1. The third kappa shape index (κ3) is 1.69. The quantitative estimate of drug-likeness (QED) is 0.849. The molecule has 0 radical (unpaired) electrons. The van der Waals surface area contributed by atoms with Gasteiger partial charge in [0.2, 0.25) is 0 Å². The first-order valence-electron chi connectivity index (χ1n) is 5.95. The molecule has 1 fully saturated rings. The van der Waals surface area contributed by atoms with Crippen molar-refractivity contribution in [2.75, 3.05) is 5.32 Å². The number of hydrogen-bond donors (Lipinski definition) is 1. The highest BCUT2D eigenvalue weighted by Crippen LogP contribution is 2.33. The summed E-state index contributed by atoms with van der Waals surface area (Å²) < 4.78 is 4.46. The maximum absolute atomic E-state index is 4.46. The van der Waals surface area contributed by atoms with Crippen molar-refractivity contribution < 1.29 is 0 Å². The fraction of sp³-hybridized carbons (Fsp3) is 0.462. The summed E-state index contributed by atoms with van der Waals surface area (Å²) in [6.07, 6.45) is 4.01. The topological polar surface area (TPSA) is 24.9 Å². The number of benzene rings is 1. The Hall–Kier alpha value is -1.09. The molecule has 16 heavy (non-hydrogen) atoms. The van der Waals surface area contributed by atoms with Crippen LogP contribution in [0.4, 0.5) is 5.00 Å². The molecule has 0 bridgehead atoms. The Bertz CT molecular complexity index is 491. The van der Waals surface area contributed by atoms with Crippen LogP contribution in [0.25, 0.3) is 10.9 Å². The van der Waals surface area contributed by atoms with E-state index < -0.39 is 0 Å². The molecule has 3 heteroatoms. The van der Waals surface area contributed by atoms with Crippen LogP contribution in [0.15, 0.2) is 24.3 Å². The molecule has 0 aliphatic heterocycles. The van der Waals surface area contributed by atoms with Gasteiger partial charge < -0.3 is 5.32 Å². The van der Waals surface area contributed by atoms with Crippen LogP contribution in [0, 0.1) is 5.92 Å². The predicted octanol–water partition coefficient (Wildman–Crippen LogP) is 3.90. The van der Waals surface area contributed by atoms with Gasteiger partial charge in [-0.25, -0.2) is 0 Å². The van der Waals surface area contributed by atoms with Crippen LogP contribution in [0.5, 0.6) is 0 Å². The van der Waals surface area contributed by atoms with Crippen molar-refractivity contribution in [3.8, 4) is 0 Å². The highest BCUT2D eigenvalue weighted by molar-refractivity contribution is 7.11. The van der Waals surface area contributed by atoms with Crippen molar-refractivity contribution in [3.63, 3.8) is 0 Å². The lowest BCUT2D eigenvalue weighted by Gasteiger charge is -2.17. The molecule has 2 aromatic rings. The van der Waals surface area contributed by atoms with Gasteiger partial charge >= 0.3 is 0 Å². The van der Waals surface area contributed by atoms with Gasteiger partial charge in [-0.15, -0.1) is 0 Å². The van der Waals surface area contributed by atoms with Gasteiger partial charge in [0.15, 0.2) is 0 Å². The summed E-state index contributed by atoms with van der Waals surface area (Å²) in [6.45, 7) is 2.34. The Balaban J connectivity index is 1.89. The molecule has 1 saturated carbocycles. The van der Waals surface area contributed by atoms with Gasteiger partial charge in [0, 0.05) is 11.4 Å². The monoisotopic (exact) mass is 232 g/mol. The third-order valence-corrected chi connectivity index (χ3v) is 4.37. The summed E-state index contributed by atoms with van der Waals surface area (Å²) in [5.41, 5.74) is 1.11. The van der Waals surface area contributed by atoms with E-state index in [2.05, 4.69) is 34.8 Å². The standard InChI is InChI=1S/C13H16N2S/c1-9-5-4-8-11(9)14-13-10-6-2-3-7-12(10)15-16-13/h2-3,6-7,9,11,14H,4-5,8H2,1H3. The zero-order valence-corrected chi connectivity index (χ0v) is 10.3. The van der Waals surface area contributed by atoms with Crippen LogP contribution < -0.4 is 5.32 Å². The van der Waals surface area contributed by atoms with E-state index >= 15 is 0 Å². The molecular weight excluding hydrogens is 216 g/mol. The maximum atomic E-state index is 4.46. The lowest BCUT2D eigenvalue weighted by atomic mass is 10.1. The highest BCUT2D eigenvalue weighted by Gasteiger charge is 2.24. The molecule has 0 amide bonds. The highest BCUT2D eigenvalue weighted by atomic mass is 32.1. The molecule has 1 N–H and O–H groups in total. The number of fused-ring (bicyclic) bond motifs is 1. The second-order valence-corrected chi connectivity index (χ2v) is 5.46. The van der Waals surface area contributed by atoms with E-state index in [1.54, 1.807) is 11.5 Å². The van der Waals surface area contributed by atoms with E-state index in [0.29, 0.717) is 6.04 Å². The fourth-order valence-electron chi connectivity index (χ4n) is 2.52. The second kappa shape index (κ2) is 4.06. The van der Waals surface area contributed by atoms with Crippen molar-refractivity contribution in [2.45, 2.75) is 32.2 Å². The number of hydrogen-bond acceptors (Lipinski definition) is 3. The molecule has 0 saturated heterocycles. The fourth-order valence-corrected chi connectivity index (χ4v) is 3.35. The number of anilines is 1. The lowest BCUT2D eigenvalue weighted by molar-refractivity contribution is 0.557. The second-order valence-electron chi connectivity index (χ2n) is 4.69. The van der Waals surface area contributed by atoms with Gasteiger partial charge in [0.05, 0.1) is 5.52 Å². The third-order valence-electron chi connectivity index (χ3n) is 3.56. The SMILES string of the molecule is CC1CCCC1Nc1snc2ccccc12. The van der Waals surface area contributed by atoms with E-state index in [1.165, 1.54) is 29.6 Å². The van der Waals surface area contributed by atoms with E-state index in [1.807, 2.05) is 6.07 Å². The molecule has 1 aliphatic carbocycles. The summed E-state index contributed by atoms with van der Waals surface area (Å²) in [5.74, 6) is 0.792. The number of nitrogens with zero attached hydrogens (tertiary/aromatic N) is 1. The molecular formula is C13H16N2S. The van der Waals surface area contributed by atoms with E-state index in [9.17, 15) is 0 Å². The Morgan fingerprint density at radius 2 is 2.19 bits per heavy atom. The zero-order valence-electron chi connectivity index (χ0n) is 9.44. The Morgan fingerprint density at radius 1 is 1.31 bits per heavy atom. The number of aromatic nitrogens is 1. The van der Waals surface area contributed by atoms with E-state index in [0.717, 1.165) is 11.4 Å². The predicted molar refractivity (Wildman–Crippen MR) is 70.0 cm³/mol. The number of rotatable bonds is 2. The van der Waals surface area contributed by atoms with Gasteiger partial charge in [-0.1, -0.05) is 25.5 Å². The van der Waals surface area contributed by atoms with Gasteiger partial charge in [0.1, 0.15) is 5.00 Å². The number of nitrogens with one attached hydrogen (secondary N) is 1. The minimum absolute atomic E-state index is 0.642. The molecule has 1 aromatic heterocycles. The van der Waals surface area contributed by atoms with Crippen molar-refractivity contribution in [3.05, 3.63) is 24.3 Å². The molecule has 1 heterocycles. The summed E-state index contributed by atoms with van der Waals surface area (Å²) in [5, 5.41) is 6.18. The minimum atomic E-state index is 0.642. The summed E-state index contributed by atoms with van der Waals surface area (Å²) in [4.78, 5) is 0. The molecule has 2 nitrogen and oxygen atoms in total. The Labute approximate surface area is 99.8 Å². The van der Waals surface area contributed by atoms with Crippen LogP contribution in [0.3, 0.4) is 0 Å². The van der Waals surface area contributed by atoms with Crippen LogP contribution in [0.1, 0.15) is 26.2 Å². The molecule has 2 unspecified atom stereocenters. The first-order chi connectivity index (χ1) is 7.84. The summed E-state index contributed by atoms with van der Waals surface area (Å²) >= 11 is 1.59. The maximum Gasteiger partial charge on any atom is 0.117 e. The molecule has 84 valence electrons. The average Bonchev–Trinajstić information content (AvgIpc) is 2.88. The van der Waals surface area contributed by atoms with Crippen LogP contribution in [-0.4, -0.2) is 10.4 Å². The Morgan fingerprint density at radius 3 is 3.00 bits per heavy atom. The lowest BCUT2D eigenvalue weighted by Crippen LogP contribution is -2.21. The summed E-state index contributed by atoms with van der Waals surface area (Å²) in [7, 11) is 0. The van der Waals surface area contributed by atoms with Crippen molar-refractivity contribution >= 4 is 27.4 Å². The molecule has 0 spiro atoms. The largest absolute Gasteiger partial charge is 0.372 e. The zero-order chi connectivity index (χ0) is 11.0. The van der Waals surface area contributed by atoms with Crippen molar-refractivity contribution in [2.24, 2.45) is 5.92 Å². The van der Waals surface area contributed by atoms with Crippen LogP contribution >= 0.6 is 11.5 Å². The molecule has 1 aliphatic rings. The van der Waals surface area contributed by atoms with Crippen molar-refractivity contribution in [1.82, 2.24) is 4.37 Å².